The summed E-state index contributed by atoms with van der Waals surface area (Å²) in [7, 11) is 0. The van der Waals surface area contributed by atoms with Crippen molar-refractivity contribution in [1.29, 1.82) is 0 Å². The van der Waals surface area contributed by atoms with E-state index in [2.05, 4.69) is 0 Å². The maximum absolute atomic E-state index is 11.0. The Morgan fingerprint density at radius 2 is 1.88 bits per heavy atom. The lowest BCUT2D eigenvalue weighted by Gasteiger charge is -2.19. The van der Waals surface area contributed by atoms with Crippen LogP contribution < -0.4 is 5.73 Å². The number of nitrogens with two attached hydrogens (primary N) is 1. The predicted molar refractivity (Wildman–Crippen MR) is 67.9 cm³/mol. The minimum Gasteiger partial charge on any atom is -0.480 e. The van der Waals surface area contributed by atoms with Crippen molar-refractivity contribution in [3.8, 4) is 0 Å². The summed E-state index contributed by atoms with van der Waals surface area (Å²) in [4.78, 5) is 11.0. The number of fused-ring (bicyclic) bond motifs is 1. The number of hydrogen-bond donors (Lipinski definition) is 2. The molecule has 0 aromatic heterocycles. The molecule has 0 unspecified atom stereocenters. The van der Waals surface area contributed by atoms with Crippen molar-refractivity contribution in [2.45, 2.75) is 18.9 Å². The van der Waals surface area contributed by atoms with Crippen LogP contribution in [0, 0.1) is 0 Å². The lowest BCUT2D eigenvalue weighted by molar-refractivity contribution is -0.142. The lowest BCUT2D eigenvalue weighted by atomic mass is 9.93. The van der Waals surface area contributed by atoms with Gasteiger partial charge in [-0.3, -0.25) is 4.79 Å². The predicted octanol–water partition coefficient (Wildman–Crippen LogP) is 2.18. The van der Waals surface area contributed by atoms with E-state index >= 15 is 0 Å². The van der Waals surface area contributed by atoms with Gasteiger partial charge in [-0.1, -0.05) is 42.5 Å². The van der Waals surface area contributed by atoms with Gasteiger partial charge in [0.2, 0.25) is 0 Å². The molecule has 0 saturated heterocycles. The summed E-state index contributed by atoms with van der Waals surface area (Å²) in [5.74, 6) is -0.981. The Kier molecular flexibility index (Phi) is 2.86. The molecule has 0 aliphatic rings. The van der Waals surface area contributed by atoms with Crippen molar-refractivity contribution < 1.29 is 9.90 Å². The minimum atomic E-state index is -1.22. The van der Waals surface area contributed by atoms with Gasteiger partial charge in [0, 0.05) is 6.42 Å². The second-order valence-electron chi connectivity index (χ2n) is 4.58. The molecule has 0 aliphatic heterocycles. The number of benzene rings is 2. The molecule has 1 atom stereocenters. The van der Waals surface area contributed by atoms with Gasteiger partial charge in [-0.05, 0) is 23.3 Å². The molecule has 0 fully saturated rings. The molecule has 0 amide bonds. The summed E-state index contributed by atoms with van der Waals surface area (Å²) in [6, 6.07) is 13.9. The summed E-state index contributed by atoms with van der Waals surface area (Å²) in [6.45, 7) is 1.53. The van der Waals surface area contributed by atoms with Gasteiger partial charge in [0.05, 0.1) is 0 Å². The molecular weight excluding hydrogens is 214 g/mol. The maximum Gasteiger partial charge on any atom is 0.323 e. The Bertz CT molecular complexity index is 561. The van der Waals surface area contributed by atoms with Crippen LogP contribution >= 0.6 is 0 Å². The van der Waals surface area contributed by atoms with Crippen molar-refractivity contribution in [3.63, 3.8) is 0 Å². The van der Waals surface area contributed by atoms with Crippen LogP contribution in [0.15, 0.2) is 42.5 Å². The second kappa shape index (κ2) is 4.18. The second-order valence-corrected chi connectivity index (χ2v) is 4.58. The number of rotatable bonds is 3. The zero-order chi connectivity index (χ0) is 12.5. The van der Waals surface area contributed by atoms with Crippen molar-refractivity contribution in [2.24, 2.45) is 5.73 Å². The van der Waals surface area contributed by atoms with E-state index in [0.29, 0.717) is 6.42 Å². The minimum absolute atomic E-state index is 0.327. The molecule has 3 nitrogen and oxygen atoms in total. The van der Waals surface area contributed by atoms with E-state index in [-0.39, 0.29) is 0 Å². The fourth-order valence-electron chi connectivity index (χ4n) is 1.85. The number of carboxylic acids is 1. The first kappa shape index (κ1) is 11.6. The van der Waals surface area contributed by atoms with Crippen LogP contribution in [0.2, 0.25) is 0 Å². The SMILES string of the molecule is C[C@](N)(Cc1ccc2ccccc2c1)C(=O)O. The van der Waals surface area contributed by atoms with E-state index < -0.39 is 11.5 Å². The Balaban J connectivity index is 2.34. The zero-order valence-electron chi connectivity index (χ0n) is 9.68. The number of hydrogen-bond acceptors (Lipinski definition) is 2. The summed E-state index contributed by atoms with van der Waals surface area (Å²) in [5, 5.41) is 11.2. The van der Waals surface area contributed by atoms with E-state index in [1.54, 1.807) is 0 Å². The first-order valence-corrected chi connectivity index (χ1v) is 5.49. The summed E-state index contributed by atoms with van der Waals surface area (Å²) >= 11 is 0. The van der Waals surface area contributed by atoms with Gasteiger partial charge in [0.15, 0.2) is 0 Å². The lowest BCUT2D eigenvalue weighted by Crippen LogP contribution is -2.46. The highest BCUT2D eigenvalue weighted by atomic mass is 16.4. The van der Waals surface area contributed by atoms with E-state index in [4.69, 9.17) is 10.8 Å². The highest BCUT2D eigenvalue weighted by Crippen LogP contribution is 2.18. The van der Waals surface area contributed by atoms with Gasteiger partial charge in [-0.2, -0.15) is 0 Å². The Morgan fingerprint density at radius 3 is 2.53 bits per heavy atom. The molecule has 3 N–H and O–H groups in total. The summed E-state index contributed by atoms with van der Waals surface area (Å²) < 4.78 is 0. The largest absolute Gasteiger partial charge is 0.480 e. The van der Waals surface area contributed by atoms with Gasteiger partial charge in [0.1, 0.15) is 5.54 Å². The Hall–Kier alpha value is -1.87. The Morgan fingerprint density at radius 1 is 1.24 bits per heavy atom. The molecule has 17 heavy (non-hydrogen) atoms. The van der Waals surface area contributed by atoms with Crippen LogP contribution in [-0.2, 0) is 11.2 Å². The average molecular weight is 229 g/mol. The molecule has 3 heteroatoms. The van der Waals surface area contributed by atoms with Crippen molar-refractivity contribution >= 4 is 16.7 Å². The maximum atomic E-state index is 11.0. The third-order valence-corrected chi connectivity index (χ3v) is 2.87. The van der Waals surface area contributed by atoms with Gasteiger partial charge < -0.3 is 10.8 Å². The molecule has 2 rings (SSSR count). The smallest absolute Gasteiger partial charge is 0.323 e. The highest BCUT2D eigenvalue weighted by molar-refractivity contribution is 5.83. The molecule has 0 radical (unpaired) electrons. The third kappa shape index (κ3) is 2.45. The molecule has 0 bridgehead atoms. The van der Waals surface area contributed by atoms with Crippen LogP contribution in [0.4, 0.5) is 0 Å². The van der Waals surface area contributed by atoms with Crippen LogP contribution in [-0.4, -0.2) is 16.6 Å². The zero-order valence-corrected chi connectivity index (χ0v) is 9.68. The van der Waals surface area contributed by atoms with E-state index in [1.807, 2.05) is 42.5 Å². The molecule has 0 heterocycles. The number of aliphatic carboxylic acids is 1. The molecule has 88 valence electrons. The van der Waals surface area contributed by atoms with Crippen molar-refractivity contribution in [2.75, 3.05) is 0 Å². The fraction of sp³-hybridized carbons (Fsp3) is 0.214. The standard InChI is InChI=1S/C14H15NO2/c1-14(15,13(16)17)9-10-6-7-11-4-2-3-5-12(11)8-10/h2-8H,9,15H2,1H3,(H,16,17)/t14-/m0/s1. The molecule has 2 aromatic carbocycles. The highest BCUT2D eigenvalue weighted by Gasteiger charge is 2.27. The topological polar surface area (TPSA) is 63.3 Å². The van der Waals surface area contributed by atoms with Crippen molar-refractivity contribution in [3.05, 3.63) is 48.0 Å². The fourth-order valence-corrected chi connectivity index (χ4v) is 1.85. The summed E-state index contributed by atoms with van der Waals surface area (Å²) in [5.41, 5.74) is 5.46. The van der Waals surface area contributed by atoms with Gasteiger partial charge in [0.25, 0.3) is 0 Å². The molecule has 0 aliphatic carbocycles. The molecule has 0 spiro atoms. The summed E-state index contributed by atoms with van der Waals surface area (Å²) in [6.07, 6.45) is 0.327. The molecule has 2 aromatic rings. The normalized spacial score (nSPS) is 14.5. The number of carboxylic acid groups (broad SMARTS) is 1. The van der Waals surface area contributed by atoms with Crippen LogP contribution in [0.3, 0.4) is 0 Å². The van der Waals surface area contributed by atoms with Crippen molar-refractivity contribution in [1.82, 2.24) is 0 Å². The van der Waals surface area contributed by atoms with E-state index in [0.717, 1.165) is 16.3 Å². The first-order chi connectivity index (χ1) is 7.99. The van der Waals surface area contributed by atoms with E-state index in [9.17, 15) is 4.79 Å². The van der Waals surface area contributed by atoms with Gasteiger partial charge in [-0.25, -0.2) is 0 Å². The van der Waals surface area contributed by atoms with Gasteiger partial charge >= 0.3 is 5.97 Å². The Labute approximate surface area is 99.9 Å². The quantitative estimate of drug-likeness (QED) is 0.848. The van der Waals surface area contributed by atoms with E-state index in [1.165, 1.54) is 6.92 Å². The molecule has 0 saturated carbocycles. The van der Waals surface area contributed by atoms with Gasteiger partial charge in [-0.15, -0.1) is 0 Å². The number of carbonyl (C=O) groups is 1. The molecular formula is C14H15NO2. The third-order valence-electron chi connectivity index (χ3n) is 2.87. The van der Waals surface area contributed by atoms with Crippen LogP contribution in [0.1, 0.15) is 12.5 Å². The van der Waals surface area contributed by atoms with Crippen LogP contribution in [0.25, 0.3) is 10.8 Å². The van der Waals surface area contributed by atoms with Crippen LogP contribution in [0.5, 0.6) is 0 Å². The average Bonchev–Trinajstić information content (AvgIpc) is 2.28. The first-order valence-electron chi connectivity index (χ1n) is 5.49. The monoisotopic (exact) mass is 229 g/mol.